The van der Waals surface area contributed by atoms with Crippen molar-refractivity contribution < 1.29 is 19.1 Å². The summed E-state index contributed by atoms with van der Waals surface area (Å²) in [4.78, 5) is 23.1. The molecule has 0 fully saturated rings. The van der Waals surface area contributed by atoms with Crippen molar-refractivity contribution in [2.45, 2.75) is 13.8 Å². The number of hydrogen-bond donors (Lipinski definition) is 1. The number of esters is 2. The molecular formula is C16H19NO4. The maximum absolute atomic E-state index is 12.0. The van der Waals surface area contributed by atoms with Crippen LogP contribution in [0.5, 0.6) is 0 Å². The van der Waals surface area contributed by atoms with Gasteiger partial charge in [-0.3, -0.25) is 0 Å². The molecule has 0 heterocycles. The van der Waals surface area contributed by atoms with E-state index in [0.29, 0.717) is 5.70 Å². The summed E-state index contributed by atoms with van der Waals surface area (Å²) in [6, 6.07) is 9.40. The van der Waals surface area contributed by atoms with Crippen LogP contribution in [0.4, 0.5) is 5.69 Å². The molecule has 0 bridgehead atoms. The van der Waals surface area contributed by atoms with Gasteiger partial charge in [0.2, 0.25) is 0 Å². The first kappa shape index (κ1) is 16.5. The maximum Gasteiger partial charge on any atom is 0.339 e. The molecule has 0 radical (unpaired) electrons. The second-order valence-corrected chi connectivity index (χ2v) is 4.11. The average Bonchev–Trinajstić information content (AvgIpc) is 2.48. The molecule has 5 nitrogen and oxygen atoms in total. The number of carbonyl (C=O) groups is 2. The third-order valence-electron chi connectivity index (χ3n) is 2.59. The first-order chi connectivity index (χ1) is 10.1. The van der Waals surface area contributed by atoms with E-state index >= 15 is 0 Å². The highest BCUT2D eigenvalue weighted by atomic mass is 16.5. The van der Waals surface area contributed by atoms with Crippen LogP contribution < -0.4 is 5.32 Å². The van der Waals surface area contributed by atoms with Crippen LogP contribution in [0.15, 0.2) is 53.8 Å². The Morgan fingerprint density at radius 1 is 1.19 bits per heavy atom. The van der Waals surface area contributed by atoms with Gasteiger partial charge in [0, 0.05) is 17.5 Å². The maximum atomic E-state index is 12.0. The number of anilines is 1. The molecule has 0 atom stereocenters. The lowest BCUT2D eigenvalue weighted by Crippen LogP contribution is -2.12. The SMILES string of the molecule is CCOC(=O)C(C=CC(=O)OC)=C(C)Nc1ccccc1. The fourth-order valence-electron chi connectivity index (χ4n) is 1.58. The number of nitrogens with one attached hydrogen (secondary N) is 1. The van der Waals surface area contributed by atoms with Crippen LogP contribution in [0.2, 0.25) is 0 Å². The van der Waals surface area contributed by atoms with Crippen molar-refractivity contribution in [2.24, 2.45) is 0 Å². The molecule has 1 rings (SSSR count). The highest BCUT2D eigenvalue weighted by Gasteiger charge is 2.12. The van der Waals surface area contributed by atoms with Gasteiger partial charge in [0.1, 0.15) is 0 Å². The number of para-hydroxylation sites is 1. The molecule has 0 aliphatic carbocycles. The Bertz CT molecular complexity index is 547. The lowest BCUT2D eigenvalue weighted by molar-refractivity contribution is -0.138. The summed E-state index contributed by atoms with van der Waals surface area (Å²) in [5, 5.41) is 3.10. The van der Waals surface area contributed by atoms with Crippen LogP contribution in [0, 0.1) is 0 Å². The van der Waals surface area contributed by atoms with Gasteiger partial charge < -0.3 is 14.8 Å². The molecule has 0 saturated heterocycles. The van der Waals surface area contributed by atoms with E-state index in [4.69, 9.17) is 4.74 Å². The molecule has 21 heavy (non-hydrogen) atoms. The number of methoxy groups -OCH3 is 1. The zero-order valence-corrected chi connectivity index (χ0v) is 12.4. The molecule has 5 heteroatoms. The van der Waals surface area contributed by atoms with E-state index in [2.05, 4.69) is 10.1 Å². The van der Waals surface area contributed by atoms with Crippen molar-refractivity contribution >= 4 is 17.6 Å². The Hall–Kier alpha value is -2.56. The zero-order valence-electron chi connectivity index (χ0n) is 12.4. The Morgan fingerprint density at radius 2 is 1.86 bits per heavy atom. The van der Waals surface area contributed by atoms with E-state index in [1.165, 1.54) is 19.3 Å². The average molecular weight is 289 g/mol. The molecule has 1 aromatic rings. The Kier molecular flexibility index (Phi) is 6.74. The van der Waals surface area contributed by atoms with E-state index in [1.807, 2.05) is 30.3 Å². The minimum atomic E-state index is -0.538. The predicted molar refractivity (Wildman–Crippen MR) is 80.6 cm³/mol. The first-order valence-corrected chi connectivity index (χ1v) is 6.54. The molecular weight excluding hydrogens is 270 g/mol. The van der Waals surface area contributed by atoms with Crippen LogP contribution in [0.3, 0.4) is 0 Å². The number of hydrogen-bond acceptors (Lipinski definition) is 5. The van der Waals surface area contributed by atoms with Gasteiger partial charge in [-0.2, -0.15) is 0 Å². The topological polar surface area (TPSA) is 64.6 Å². The van der Waals surface area contributed by atoms with Gasteiger partial charge in [0.05, 0.1) is 19.3 Å². The van der Waals surface area contributed by atoms with Crippen molar-refractivity contribution in [2.75, 3.05) is 19.0 Å². The number of rotatable bonds is 6. The standard InChI is InChI=1S/C16H19NO4/c1-4-21-16(19)14(10-11-15(18)20-3)12(2)17-13-8-6-5-7-9-13/h5-11,17H,4H2,1-3H3. The Balaban J connectivity index is 3.02. The lowest BCUT2D eigenvalue weighted by Gasteiger charge is -2.11. The smallest absolute Gasteiger partial charge is 0.339 e. The van der Waals surface area contributed by atoms with E-state index in [-0.39, 0.29) is 12.2 Å². The van der Waals surface area contributed by atoms with Crippen LogP contribution in [0.1, 0.15) is 13.8 Å². The minimum absolute atomic E-state index is 0.257. The lowest BCUT2D eigenvalue weighted by atomic mass is 10.2. The van der Waals surface area contributed by atoms with Crippen LogP contribution in [0.25, 0.3) is 0 Å². The van der Waals surface area contributed by atoms with Crippen LogP contribution in [-0.4, -0.2) is 25.7 Å². The van der Waals surface area contributed by atoms with Gasteiger partial charge >= 0.3 is 11.9 Å². The summed E-state index contributed by atoms with van der Waals surface area (Å²) < 4.78 is 9.51. The molecule has 0 aliphatic heterocycles. The van der Waals surface area contributed by atoms with Gasteiger partial charge in [-0.05, 0) is 32.1 Å². The fraction of sp³-hybridized carbons (Fsp3) is 0.250. The van der Waals surface area contributed by atoms with Crippen molar-refractivity contribution in [1.82, 2.24) is 0 Å². The first-order valence-electron chi connectivity index (χ1n) is 6.54. The molecule has 1 N–H and O–H groups in total. The third kappa shape index (κ3) is 5.52. The summed E-state index contributed by atoms with van der Waals surface area (Å²) >= 11 is 0. The van der Waals surface area contributed by atoms with E-state index in [9.17, 15) is 9.59 Å². The van der Waals surface area contributed by atoms with Gasteiger partial charge in [-0.15, -0.1) is 0 Å². The van der Waals surface area contributed by atoms with E-state index < -0.39 is 11.9 Å². The highest BCUT2D eigenvalue weighted by Crippen LogP contribution is 2.14. The molecule has 0 aliphatic rings. The molecule has 0 amide bonds. The second-order valence-electron chi connectivity index (χ2n) is 4.11. The normalized spacial score (nSPS) is 11.8. The van der Waals surface area contributed by atoms with Gasteiger partial charge in [0.15, 0.2) is 0 Å². The van der Waals surface area contributed by atoms with Gasteiger partial charge in [-0.25, -0.2) is 9.59 Å². The second kappa shape index (κ2) is 8.58. The fourth-order valence-corrected chi connectivity index (χ4v) is 1.58. The van der Waals surface area contributed by atoms with Gasteiger partial charge in [-0.1, -0.05) is 18.2 Å². The molecule has 1 aromatic carbocycles. The van der Waals surface area contributed by atoms with Crippen LogP contribution >= 0.6 is 0 Å². The zero-order chi connectivity index (χ0) is 15.7. The van der Waals surface area contributed by atoms with E-state index in [0.717, 1.165) is 5.69 Å². The third-order valence-corrected chi connectivity index (χ3v) is 2.59. The van der Waals surface area contributed by atoms with Gasteiger partial charge in [0.25, 0.3) is 0 Å². The number of allylic oxidation sites excluding steroid dienone is 1. The predicted octanol–water partition coefficient (Wildman–Crippen LogP) is 2.66. The highest BCUT2D eigenvalue weighted by molar-refractivity contribution is 5.95. The molecule has 112 valence electrons. The quantitative estimate of drug-likeness (QED) is 0.495. The number of carbonyl (C=O) groups excluding carboxylic acids is 2. The molecule has 0 saturated carbocycles. The van der Waals surface area contributed by atoms with Crippen molar-refractivity contribution in [3.8, 4) is 0 Å². The van der Waals surface area contributed by atoms with E-state index in [1.54, 1.807) is 13.8 Å². The molecule has 0 spiro atoms. The Morgan fingerprint density at radius 3 is 2.43 bits per heavy atom. The number of ether oxygens (including phenoxy) is 2. The molecule has 0 unspecified atom stereocenters. The monoisotopic (exact) mass is 289 g/mol. The summed E-state index contributed by atoms with van der Waals surface area (Å²) in [6.45, 7) is 3.72. The molecule has 0 aromatic heterocycles. The van der Waals surface area contributed by atoms with Crippen molar-refractivity contribution in [1.29, 1.82) is 0 Å². The number of benzene rings is 1. The largest absolute Gasteiger partial charge is 0.466 e. The summed E-state index contributed by atoms with van der Waals surface area (Å²) in [5.41, 5.74) is 1.69. The summed E-state index contributed by atoms with van der Waals surface area (Å²) in [6.07, 6.45) is 2.57. The Labute approximate surface area is 124 Å². The summed E-state index contributed by atoms with van der Waals surface area (Å²) in [5.74, 6) is -1.04. The van der Waals surface area contributed by atoms with Crippen molar-refractivity contribution in [3.63, 3.8) is 0 Å². The minimum Gasteiger partial charge on any atom is -0.466 e. The summed E-state index contributed by atoms with van der Waals surface area (Å²) in [7, 11) is 1.27. The van der Waals surface area contributed by atoms with Crippen LogP contribution in [-0.2, 0) is 19.1 Å². The van der Waals surface area contributed by atoms with Crippen molar-refractivity contribution in [3.05, 3.63) is 53.8 Å².